The molecule has 1 fully saturated rings. The van der Waals surface area contributed by atoms with Crippen LogP contribution in [0.15, 0.2) is 0 Å². The summed E-state index contributed by atoms with van der Waals surface area (Å²) in [5, 5.41) is -0.361. The first-order valence-electron chi connectivity index (χ1n) is 5.08. The van der Waals surface area contributed by atoms with Crippen LogP contribution in [0, 0.1) is 5.92 Å². The molecule has 14 heavy (non-hydrogen) atoms. The Hall–Kier alpha value is -0.130. The number of nitrogens with two attached hydrogens (primary N) is 1. The first-order valence-corrected chi connectivity index (χ1v) is 6.58. The average molecular weight is 220 g/mol. The molecule has 0 spiro atoms. The van der Waals surface area contributed by atoms with Gasteiger partial charge in [-0.3, -0.25) is 0 Å². The van der Waals surface area contributed by atoms with E-state index in [2.05, 4.69) is 0 Å². The lowest BCUT2D eigenvalue weighted by Crippen LogP contribution is -2.45. The summed E-state index contributed by atoms with van der Waals surface area (Å²) in [4.78, 5) is 0. The molecule has 0 aromatic carbocycles. The summed E-state index contributed by atoms with van der Waals surface area (Å²) in [7, 11) is -1.50. The summed E-state index contributed by atoms with van der Waals surface area (Å²) >= 11 is 0. The number of nitrogens with zero attached hydrogens (tertiary/aromatic N) is 1. The SMILES string of the molecule is CC(C)S(=O)(=O)N(C)C(CN)C1CC1. The molecule has 1 unspecified atom stereocenters. The third kappa shape index (κ3) is 2.27. The third-order valence-corrected chi connectivity index (χ3v) is 5.14. The van der Waals surface area contributed by atoms with E-state index in [4.69, 9.17) is 5.73 Å². The van der Waals surface area contributed by atoms with Gasteiger partial charge in [0.2, 0.25) is 10.0 Å². The molecule has 0 aromatic heterocycles. The summed E-state index contributed by atoms with van der Waals surface area (Å²) in [5.74, 6) is 0.485. The summed E-state index contributed by atoms with van der Waals surface area (Å²) in [6, 6.07) is 0.00222. The molecule has 0 amide bonds. The lowest BCUT2D eigenvalue weighted by molar-refractivity contribution is 0.338. The second-order valence-electron chi connectivity index (χ2n) is 4.25. The largest absolute Gasteiger partial charge is 0.329 e. The van der Waals surface area contributed by atoms with Crippen molar-refractivity contribution in [3.63, 3.8) is 0 Å². The Morgan fingerprint density at radius 1 is 1.43 bits per heavy atom. The second-order valence-corrected chi connectivity index (χ2v) is 6.80. The maximum atomic E-state index is 11.8. The normalized spacial score (nSPS) is 20.4. The van der Waals surface area contributed by atoms with Crippen LogP contribution in [0.25, 0.3) is 0 Å². The second kappa shape index (κ2) is 4.16. The van der Waals surface area contributed by atoms with Crippen LogP contribution in [0.4, 0.5) is 0 Å². The van der Waals surface area contributed by atoms with Crippen molar-refractivity contribution in [3.05, 3.63) is 0 Å². The van der Waals surface area contributed by atoms with Gasteiger partial charge in [-0.25, -0.2) is 12.7 Å². The molecule has 0 saturated heterocycles. The molecule has 1 saturated carbocycles. The number of rotatable bonds is 5. The molecule has 2 N–H and O–H groups in total. The molecule has 1 atom stereocenters. The molecule has 0 aliphatic heterocycles. The minimum atomic E-state index is -3.14. The van der Waals surface area contributed by atoms with Crippen molar-refractivity contribution in [2.24, 2.45) is 11.7 Å². The highest BCUT2D eigenvalue weighted by Gasteiger charge is 2.38. The van der Waals surface area contributed by atoms with Crippen LogP contribution in [-0.4, -0.2) is 37.6 Å². The van der Waals surface area contributed by atoms with Crippen LogP contribution in [-0.2, 0) is 10.0 Å². The monoisotopic (exact) mass is 220 g/mol. The van der Waals surface area contributed by atoms with Crippen molar-refractivity contribution in [1.82, 2.24) is 4.31 Å². The molecule has 0 bridgehead atoms. The number of hydrogen-bond acceptors (Lipinski definition) is 3. The van der Waals surface area contributed by atoms with E-state index in [0.29, 0.717) is 12.5 Å². The molecular formula is C9H20N2O2S. The van der Waals surface area contributed by atoms with E-state index in [1.807, 2.05) is 0 Å². The molecule has 4 nitrogen and oxygen atoms in total. The quantitative estimate of drug-likeness (QED) is 0.729. The predicted octanol–water partition coefficient (Wildman–Crippen LogP) is 0.394. The first-order chi connectivity index (χ1) is 6.41. The van der Waals surface area contributed by atoms with Crippen molar-refractivity contribution >= 4 is 10.0 Å². The molecule has 1 aliphatic rings. The highest BCUT2D eigenvalue weighted by Crippen LogP contribution is 2.35. The minimum absolute atomic E-state index is 0.00222. The number of hydrogen-bond donors (Lipinski definition) is 1. The standard InChI is InChI=1S/C9H20N2O2S/c1-7(2)14(12,13)11(3)9(6-10)8-4-5-8/h7-9H,4-6,10H2,1-3H3. The van der Waals surface area contributed by atoms with Gasteiger partial charge in [0.05, 0.1) is 5.25 Å². The van der Waals surface area contributed by atoms with E-state index < -0.39 is 10.0 Å². The maximum Gasteiger partial charge on any atom is 0.216 e. The predicted molar refractivity (Wildman–Crippen MR) is 57.4 cm³/mol. The van der Waals surface area contributed by atoms with Crippen molar-refractivity contribution in [2.45, 2.75) is 38.0 Å². The highest BCUT2D eigenvalue weighted by molar-refractivity contribution is 7.89. The Labute approximate surface area is 86.5 Å². The van der Waals surface area contributed by atoms with E-state index in [0.717, 1.165) is 12.8 Å². The lowest BCUT2D eigenvalue weighted by Gasteiger charge is -2.27. The molecule has 5 heteroatoms. The minimum Gasteiger partial charge on any atom is -0.329 e. The van der Waals surface area contributed by atoms with E-state index in [-0.39, 0.29) is 11.3 Å². The first kappa shape index (κ1) is 11.9. The molecule has 0 radical (unpaired) electrons. The molecule has 1 aliphatic carbocycles. The van der Waals surface area contributed by atoms with E-state index in [1.165, 1.54) is 4.31 Å². The van der Waals surface area contributed by atoms with Crippen LogP contribution >= 0.6 is 0 Å². The number of sulfonamides is 1. The Balaban J connectivity index is 2.75. The van der Waals surface area contributed by atoms with Gasteiger partial charge in [0.25, 0.3) is 0 Å². The van der Waals surface area contributed by atoms with Crippen molar-refractivity contribution in [3.8, 4) is 0 Å². The molecule has 0 aromatic rings. The topological polar surface area (TPSA) is 63.4 Å². The van der Waals surface area contributed by atoms with Gasteiger partial charge < -0.3 is 5.73 Å². The van der Waals surface area contributed by atoms with Crippen LogP contribution < -0.4 is 5.73 Å². The summed E-state index contributed by atoms with van der Waals surface area (Å²) in [5.41, 5.74) is 5.61. The van der Waals surface area contributed by atoms with Crippen molar-refractivity contribution < 1.29 is 8.42 Å². The van der Waals surface area contributed by atoms with Gasteiger partial charge in [0.1, 0.15) is 0 Å². The average Bonchev–Trinajstić information content (AvgIpc) is 2.89. The van der Waals surface area contributed by atoms with Crippen LogP contribution in [0.2, 0.25) is 0 Å². The lowest BCUT2D eigenvalue weighted by atomic mass is 10.2. The maximum absolute atomic E-state index is 11.8. The third-order valence-electron chi connectivity index (χ3n) is 2.87. The fraction of sp³-hybridized carbons (Fsp3) is 1.00. The summed E-state index contributed by atoms with van der Waals surface area (Å²) < 4.78 is 25.1. The van der Waals surface area contributed by atoms with E-state index in [1.54, 1.807) is 20.9 Å². The molecule has 1 rings (SSSR count). The Kier molecular flexibility index (Phi) is 3.55. The number of likely N-dealkylation sites (N-methyl/N-ethyl adjacent to an activating group) is 1. The van der Waals surface area contributed by atoms with Gasteiger partial charge in [-0.05, 0) is 32.6 Å². The van der Waals surface area contributed by atoms with Crippen molar-refractivity contribution in [2.75, 3.05) is 13.6 Å². The molecule has 84 valence electrons. The zero-order chi connectivity index (χ0) is 10.9. The Morgan fingerprint density at radius 3 is 2.21 bits per heavy atom. The Morgan fingerprint density at radius 2 is 1.93 bits per heavy atom. The fourth-order valence-corrected chi connectivity index (χ4v) is 2.94. The Bertz CT molecular complexity index is 283. The zero-order valence-electron chi connectivity index (χ0n) is 9.10. The van der Waals surface area contributed by atoms with Crippen LogP contribution in [0.5, 0.6) is 0 Å². The van der Waals surface area contributed by atoms with Gasteiger partial charge in [-0.15, -0.1) is 0 Å². The van der Waals surface area contributed by atoms with E-state index >= 15 is 0 Å². The zero-order valence-corrected chi connectivity index (χ0v) is 9.92. The van der Waals surface area contributed by atoms with E-state index in [9.17, 15) is 8.42 Å². The molecular weight excluding hydrogens is 200 g/mol. The summed E-state index contributed by atoms with van der Waals surface area (Å²) in [6.07, 6.45) is 2.22. The molecule has 0 heterocycles. The van der Waals surface area contributed by atoms with Crippen molar-refractivity contribution in [1.29, 1.82) is 0 Å². The summed E-state index contributed by atoms with van der Waals surface area (Å²) in [6.45, 7) is 3.83. The van der Waals surface area contributed by atoms with Crippen LogP contribution in [0.3, 0.4) is 0 Å². The fourth-order valence-electron chi connectivity index (χ4n) is 1.64. The van der Waals surface area contributed by atoms with Gasteiger partial charge in [-0.1, -0.05) is 0 Å². The van der Waals surface area contributed by atoms with Gasteiger partial charge >= 0.3 is 0 Å². The highest BCUT2D eigenvalue weighted by atomic mass is 32.2. The smallest absolute Gasteiger partial charge is 0.216 e. The van der Waals surface area contributed by atoms with Gasteiger partial charge in [0.15, 0.2) is 0 Å². The van der Waals surface area contributed by atoms with Crippen LogP contribution in [0.1, 0.15) is 26.7 Å². The van der Waals surface area contributed by atoms with Gasteiger partial charge in [0, 0.05) is 19.6 Å². The van der Waals surface area contributed by atoms with Gasteiger partial charge in [-0.2, -0.15) is 0 Å².